The van der Waals surface area contributed by atoms with E-state index in [1.54, 1.807) is 0 Å². The molecule has 0 amide bonds. The minimum Gasteiger partial charge on any atom is -0.309 e. The van der Waals surface area contributed by atoms with Gasteiger partial charge in [-0.1, -0.05) is 43.0 Å². The highest BCUT2D eigenvalue weighted by atomic mass is 35.5. The average Bonchev–Trinajstić information content (AvgIpc) is 2.40. The molecule has 19 heavy (non-hydrogen) atoms. The molecule has 1 aromatic rings. The van der Waals surface area contributed by atoms with E-state index >= 15 is 0 Å². The van der Waals surface area contributed by atoms with Crippen LogP contribution in [-0.4, -0.2) is 30.1 Å². The maximum Gasteiger partial charge on any atom is 0.0409 e. The van der Waals surface area contributed by atoms with Gasteiger partial charge in [0, 0.05) is 36.7 Å². The minimum absolute atomic E-state index is 0.398. The SMILES string of the molecule is Clc1cccc(CN2CCNC3(CCCCC3)C2)c1. The van der Waals surface area contributed by atoms with E-state index in [4.69, 9.17) is 11.6 Å². The van der Waals surface area contributed by atoms with Gasteiger partial charge in [-0.15, -0.1) is 0 Å². The highest BCUT2D eigenvalue weighted by Gasteiger charge is 2.35. The van der Waals surface area contributed by atoms with Crippen molar-refractivity contribution in [3.05, 3.63) is 34.9 Å². The van der Waals surface area contributed by atoms with Crippen LogP contribution in [0.5, 0.6) is 0 Å². The number of rotatable bonds is 2. The second-order valence-electron chi connectivity index (χ2n) is 6.11. The molecule has 2 fully saturated rings. The molecule has 2 aliphatic rings. The van der Waals surface area contributed by atoms with Crippen molar-refractivity contribution in [2.75, 3.05) is 19.6 Å². The van der Waals surface area contributed by atoms with Crippen LogP contribution in [0.25, 0.3) is 0 Å². The van der Waals surface area contributed by atoms with Crippen molar-refractivity contribution < 1.29 is 0 Å². The molecule has 1 saturated carbocycles. The molecule has 1 aliphatic carbocycles. The van der Waals surface area contributed by atoms with Gasteiger partial charge in [-0.3, -0.25) is 4.90 Å². The van der Waals surface area contributed by atoms with Gasteiger partial charge in [0.25, 0.3) is 0 Å². The quantitative estimate of drug-likeness (QED) is 0.891. The molecular formula is C16H23ClN2. The smallest absolute Gasteiger partial charge is 0.0409 e. The van der Waals surface area contributed by atoms with Crippen LogP contribution in [0.15, 0.2) is 24.3 Å². The highest BCUT2D eigenvalue weighted by molar-refractivity contribution is 6.30. The number of benzene rings is 1. The number of halogens is 1. The summed E-state index contributed by atoms with van der Waals surface area (Å²) in [5.74, 6) is 0. The van der Waals surface area contributed by atoms with Gasteiger partial charge in [-0.05, 0) is 30.5 Å². The van der Waals surface area contributed by atoms with E-state index in [9.17, 15) is 0 Å². The van der Waals surface area contributed by atoms with Crippen LogP contribution >= 0.6 is 11.6 Å². The van der Waals surface area contributed by atoms with Crippen LogP contribution in [0.3, 0.4) is 0 Å². The molecule has 1 saturated heterocycles. The van der Waals surface area contributed by atoms with Crippen molar-refractivity contribution in [2.45, 2.75) is 44.2 Å². The maximum absolute atomic E-state index is 6.07. The molecule has 2 nitrogen and oxygen atoms in total. The standard InChI is InChI=1S/C16H23ClN2/c17-15-6-4-5-14(11-15)12-19-10-9-18-16(13-19)7-2-1-3-8-16/h4-6,11,18H,1-3,7-10,12-13H2. The molecule has 1 spiro atoms. The average molecular weight is 279 g/mol. The molecule has 104 valence electrons. The molecule has 0 bridgehead atoms. The Morgan fingerprint density at radius 3 is 2.84 bits per heavy atom. The molecule has 1 N–H and O–H groups in total. The zero-order valence-corrected chi connectivity index (χ0v) is 12.3. The van der Waals surface area contributed by atoms with E-state index in [0.717, 1.165) is 24.7 Å². The van der Waals surface area contributed by atoms with Gasteiger partial charge in [-0.25, -0.2) is 0 Å². The summed E-state index contributed by atoms with van der Waals surface area (Å²) in [6.07, 6.45) is 6.88. The summed E-state index contributed by atoms with van der Waals surface area (Å²) in [6, 6.07) is 8.28. The zero-order chi connectivity index (χ0) is 13.1. The molecule has 3 heteroatoms. The third-order valence-corrected chi connectivity index (χ3v) is 4.80. The fraction of sp³-hybridized carbons (Fsp3) is 0.625. The number of nitrogens with one attached hydrogen (secondary N) is 1. The third-order valence-electron chi connectivity index (χ3n) is 4.56. The third kappa shape index (κ3) is 3.31. The number of hydrogen-bond donors (Lipinski definition) is 1. The summed E-state index contributed by atoms with van der Waals surface area (Å²) in [4.78, 5) is 2.59. The first kappa shape index (κ1) is 13.4. The first-order valence-corrected chi connectivity index (χ1v) is 7.85. The van der Waals surface area contributed by atoms with Crippen LogP contribution in [0.1, 0.15) is 37.7 Å². The lowest BCUT2D eigenvalue weighted by molar-refractivity contribution is 0.0945. The van der Waals surface area contributed by atoms with Crippen molar-refractivity contribution in [3.8, 4) is 0 Å². The predicted molar refractivity (Wildman–Crippen MR) is 80.5 cm³/mol. The van der Waals surface area contributed by atoms with Gasteiger partial charge >= 0.3 is 0 Å². The Morgan fingerprint density at radius 2 is 2.05 bits per heavy atom. The van der Waals surface area contributed by atoms with Gasteiger partial charge in [-0.2, -0.15) is 0 Å². The summed E-state index contributed by atoms with van der Waals surface area (Å²) in [5, 5.41) is 4.64. The summed E-state index contributed by atoms with van der Waals surface area (Å²) in [6.45, 7) is 4.50. The lowest BCUT2D eigenvalue weighted by atomic mass is 9.80. The van der Waals surface area contributed by atoms with Gasteiger partial charge in [0.05, 0.1) is 0 Å². The maximum atomic E-state index is 6.07. The summed E-state index contributed by atoms with van der Waals surface area (Å²) >= 11 is 6.07. The number of piperazine rings is 1. The molecule has 0 radical (unpaired) electrons. The Balaban J connectivity index is 1.65. The summed E-state index contributed by atoms with van der Waals surface area (Å²) in [5.41, 5.74) is 1.73. The van der Waals surface area contributed by atoms with Crippen LogP contribution in [0.2, 0.25) is 5.02 Å². The highest BCUT2D eigenvalue weighted by Crippen LogP contribution is 2.31. The lowest BCUT2D eigenvalue weighted by Gasteiger charge is -2.46. The van der Waals surface area contributed by atoms with Crippen molar-refractivity contribution in [1.29, 1.82) is 0 Å². The van der Waals surface area contributed by atoms with Crippen LogP contribution in [0.4, 0.5) is 0 Å². The van der Waals surface area contributed by atoms with Gasteiger partial charge < -0.3 is 5.32 Å². The molecule has 3 rings (SSSR count). The first-order valence-electron chi connectivity index (χ1n) is 7.48. The predicted octanol–water partition coefficient (Wildman–Crippen LogP) is 3.45. The van der Waals surface area contributed by atoms with Crippen molar-refractivity contribution in [2.24, 2.45) is 0 Å². The Bertz CT molecular complexity index is 421. The molecule has 1 aromatic carbocycles. The molecule has 0 unspecified atom stereocenters. The van der Waals surface area contributed by atoms with Gasteiger partial charge in [0.2, 0.25) is 0 Å². The monoisotopic (exact) mass is 278 g/mol. The Kier molecular flexibility index (Phi) is 4.11. The topological polar surface area (TPSA) is 15.3 Å². The van der Waals surface area contributed by atoms with Gasteiger partial charge in [0.15, 0.2) is 0 Å². The largest absolute Gasteiger partial charge is 0.309 e. The van der Waals surface area contributed by atoms with Crippen LogP contribution in [0, 0.1) is 0 Å². The fourth-order valence-electron chi connectivity index (χ4n) is 3.63. The normalized spacial score (nSPS) is 23.6. The van der Waals surface area contributed by atoms with Crippen LogP contribution in [-0.2, 0) is 6.54 Å². The zero-order valence-electron chi connectivity index (χ0n) is 11.5. The van der Waals surface area contributed by atoms with Crippen molar-refractivity contribution in [3.63, 3.8) is 0 Å². The second kappa shape index (κ2) is 5.82. The summed E-state index contributed by atoms with van der Waals surface area (Å²) in [7, 11) is 0. The Morgan fingerprint density at radius 1 is 1.21 bits per heavy atom. The van der Waals surface area contributed by atoms with E-state index in [1.807, 2.05) is 6.07 Å². The molecule has 1 heterocycles. The molecule has 0 atom stereocenters. The van der Waals surface area contributed by atoms with Crippen molar-refractivity contribution in [1.82, 2.24) is 10.2 Å². The van der Waals surface area contributed by atoms with E-state index < -0.39 is 0 Å². The molecule has 0 aromatic heterocycles. The van der Waals surface area contributed by atoms with Crippen molar-refractivity contribution >= 4 is 11.6 Å². The lowest BCUT2D eigenvalue weighted by Crippen LogP contribution is -2.60. The Labute approximate surface area is 121 Å². The van der Waals surface area contributed by atoms with E-state index in [1.165, 1.54) is 44.2 Å². The Hall–Kier alpha value is -0.570. The minimum atomic E-state index is 0.398. The van der Waals surface area contributed by atoms with Gasteiger partial charge in [0.1, 0.15) is 0 Å². The fourth-order valence-corrected chi connectivity index (χ4v) is 3.85. The molecular weight excluding hydrogens is 256 g/mol. The number of hydrogen-bond acceptors (Lipinski definition) is 2. The van der Waals surface area contributed by atoms with E-state index in [-0.39, 0.29) is 0 Å². The first-order chi connectivity index (χ1) is 9.26. The second-order valence-corrected chi connectivity index (χ2v) is 6.54. The molecule has 1 aliphatic heterocycles. The van der Waals surface area contributed by atoms with E-state index in [0.29, 0.717) is 5.54 Å². The van der Waals surface area contributed by atoms with Crippen LogP contribution < -0.4 is 5.32 Å². The summed E-state index contributed by atoms with van der Waals surface area (Å²) < 4.78 is 0. The van der Waals surface area contributed by atoms with E-state index in [2.05, 4.69) is 28.4 Å². The number of nitrogens with zero attached hydrogens (tertiary/aromatic N) is 1.